The highest BCUT2D eigenvalue weighted by Crippen LogP contribution is 2.05. The summed E-state index contributed by atoms with van der Waals surface area (Å²) < 4.78 is 18.9. The lowest BCUT2D eigenvalue weighted by atomic mass is 10.2. The van der Waals surface area contributed by atoms with Crippen LogP contribution in [0.3, 0.4) is 0 Å². The Hall–Kier alpha value is -1.62. The second-order valence-electron chi connectivity index (χ2n) is 4.41. The Morgan fingerprint density at radius 1 is 1.25 bits per heavy atom. The van der Waals surface area contributed by atoms with E-state index in [1.807, 2.05) is 6.07 Å². The van der Waals surface area contributed by atoms with E-state index in [1.165, 1.54) is 6.07 Å². The highest BCUT2D eigenvalue weighted by Gasteiger charge is 2.02. The van der Waals surface area contributed by atoms with Gasteiger partial charge in [-0.05, 0) is 12.5 Å². The molecule has 0 heterocycles. The average molecular weight is 281 g/mol. The highest BCUT2D eigenvalue weighted by atomic mass is 19.1. The molecule has 1 aromatic carbocycles. The van der Waals surface area contributed by atoms with Crippen LogP contribution in [0.1, 0.15) is 25.3 Å². The molecule has 20 heavy (non-hydrogen) atoms. The molecule has 5 heteroatoms. The number of benzene rings is 1. The molecular weight excluding hydrogens is 257 g/mol. The van der Waals surface area contributed by atoms with Gasteiger partial charge in [0.25, 0.3) is 0 Å². The Morgan fingerprint density at radius 2 is 2.05 bits per heavy atom. The minimum atomic E-state index is -0.210. The molecular formula is C15H24FN3O. The van der Waals surface area contributed by atoms with Crippen LogP contribution in [0.2, 0.25) is 0 Å². The minimum Gasteiger partial charge on any atom is -0.380 e. The molecule has 1 aromatic rings. The maximum Gasteiger partial charge on any atom is 0.191 e. The predicted octanol–water partition coefficient (Wildman–Crippen LogP) is 2.31. The maximum absolute atomic E-state index is 13.4. The van der Waals surface area contributed by atoms with Gasteiger partial charge in [-0.2, -0.15) is 0 Å². The SMILES string of the molecule is CCCCOCCNC(=NC)NCc1ccccc1F. The molecule has 0 spiro atoms. The minimum absolute atomic E-state index is 0.210. The average Bonchev–Trinajstić information content (AvgIpc) is 2.47. The van der Waals surface area contributed by atoms with Crippen LogP contribution in [0.25, 0.3) is 0 Å². The first-order valence-corrected chi connectivity index (χ1v) is 7.03. The van der Waals surface area contributed by atoms with Crippen molar-refractivity contribution in [3.63, 3.8) is 0 Å². The fourth-order valence-electron chi connectivity index (χ4n) is 1.63. The van der Waals surface area contributed by atoms with E-state index >= 15 is 0 Å². The van der Waals surface area contributed by atoms with E-state index in [-0.39, 0.29) is 5.82 Å². The second-order valence-corrected chi connectivity index (χ2v) is 4.41. The zero-order chi connectivity index (χ0) is 14.6. The third-order valence-corrected chi connectivity index (χ3v) is 2.81. The summed E-state index contributed by atoms with van der Waals surface area (Å²) in [7, 11) is 1.69. The summed E-state index contributed by atoms with van der Waals surface area (Å²) >= 11 is 0. The number of unbranched alkanes of at least 4 members (excludes halogenated alkanes) is 1. The van der Waals surface area contributed by atoms with Crippen molar-refractivity contribution in [3.8, 4) is 0 Å². The monoisotopic (exact) mass is 281 g/mol. The smallest absolute Gasteiger partial charge is 0.191 e. The molecule has 0 aliphatic carbocycles. The van der Waals surface area contributed by atoms with Crippen LogP contribution in [0.15, 0.2) is 29.3 Å². The Balaban J connectivity index is 2.22. The van der Waals surface area contributed by atoms with Gasteiger partial charge in [0.15, 0.2) is 5.96 Å². The van der Waals surface area contributed by atoms with Crippen molar-refractivity contribution < 1.29 is 9.13 Å². The molecule has 0 atom stereocenters. The number of ether oxygens (including phenoxy) is 1. The lowest BCUT2D eigenvalue weighted by Crippen LogP contribution is -2.38. The topological polar surface area (TPSA) is 45.6 Å². The van der Waals surface area contributed by atoms with E-state index in [0.717, 1.165) is 19.4 Å². The molecule has 0 bridgehead atoms. The van der Waals surface area contributed by atoms with Crippen LogP contribution < -0.4 is 10.6 Å². The molecule has 2 N–H and O–H groups in total. The van der Waals surface area contributed by atoms with Crippen molar-refractivity contribution in [3.05, 3.63) is 35.6 Å². The molecule has 0 fully saturated rings. The third kappa shape index (κ3) is 6.52. The van der Waals surface area contributed by atoms with Crippen LogP contribution in [-0.4, -0.2) is 32.8 Å². The van der Waals surface area contributed by atoms with E-state index in [9.17, 15) is 4.39 Å². The molecule has 0 saturated heterocycles. The third-order valence-electron chi connectivity index (χ3n) is 2.81. The molecule has 0 unspecified atom stereocenters. The van der Waals surface area contributed by atoms with Gasteiger partial charge >= 0.3 is 0 Å². The number of nitrogens with zero attached hydrogens (tertiary/aromatic N) is 1. The van der Waals surface area contributed by atoms with Crippen molar-refractivity contribution >= 4 is 5.96 Å². The summed E-state index contributed by atoms with van der Waals surface area (Å²) in [5, 5.41) is 6.20. The van der Waals surface area contributed by atoms with Crippen molar-refractivity contribution in [1.29, 1.82) is 0 Å². The lowest BCUT2D eigenvalue weighted by molar-refractivity contribution is 0.136. The molecule has 0 amide bonds. The van der Waals surface area contributed by atoms with Crippen molar-refractivity contribution in [1.82, 2.24) is 10.6 Å². The van der Waals surface area contributed by atoms with Crippen LogP contribution in [0.5, 0.6) is 0 Å². The van der Waals surface area contributed by atoms with Gasteiger partial charge in [-0.3, -0.25) is 4.99 Å². The molecule has 0 radical (unpaired) electrons. The van der Waals surface area contributed by atoms with Gasteiger partial charge in [-0.1, -0.05) is 31.5 Å². The largest absolute Gasteiger partial charge is 0.380 e. The summed E-state index contributed by atoms with van der Waals surface area (Å²) in [4.78, 5) is 4.08. The molecule has 4 nitrogen and oxygen atoms in total. The molecule has 0 aliphatic rings. The van der Waals surface area contributed by atoms with Gasteiger partial charge in [0.2, 0.25) is 0 Å². The Morgan fingerprint density at radius 3 is 2.75 bits per heavy atom. The van der Waals surface area contributed by atoms with E-state index < -0.39 is 0 Å². The summed E-state index contributed by atoms with van der Waals surface area (Å²) in [6.07, 6.45) is 2.22. The van der Waals surface area contributed by atoms with Gasteiger partial charge in [-0.25, -0.2) is 4.39 Å². The fourth-order valence-corrected chi connectivity index (χ4v) is 1.63. The number of halogens is 1. The van der Waals surface area contributed by atoms with Gasteiger partial charge < -0.3 is 15.4 Å². The first-order chi connectivity index (χ1) is 9.77. The fraction of sp³-hybridized carbons (Fsp3) is 0.533. The lowest BCUT2D eigenvalue weighted by Gasteiger charge is -2.12. The maximum atomic E-state index is 13.4. The van der Waals surface area contributed by atoms with E-state index in [0.29, 0.717) is 31.2 Å². The second kappa shape index (κ2) is 10.2. The standard InChI is InChI=1S/C15H24FN3O/c1-3-4-10-20-11-9-18-15(17-2)19-12-13-7-5-6-8-14(13)16/h5-8H,3-4,9-12H2,1-2H3,(H2,17,18,19). The predicted molar refractivity (Wildman–Crippen MR) is 80.3 cm³/mol. The Labute approximate surface area is 120 Å². The molecule has 0 aliphatic heterocycles. The van der Waals surface area contributed by atoms with Gasteiger partial charge in [0, 0.05) is 32.3 Å². The van der Waals surface area contributed by atoms with Crippen LogP contribution >= 0.6 is 0 Å². The van der Waals surface area contributed by atoms with E-state index in [2.05, 4.69) is 22.5 Å². The number of guanidine groups is 1. The van der Waals surface area contributed by atoms with Crippen molar-refractivity contribution in [2.75, 3.05) is 26.8 Å². The first kappa shape index (κ1) is 16.4. The van der Waals surface area contributed by atoms with Crippen molar-refractivity contribution in [2.24, 2.45) is 4.99 Å². The van der Waals surface area contributed by atoms with Gasteiger partial charge in [-0.15, -0.1) is 0 Å². The normalized spacial score (nSPS) is 11.4. The Kier molecular flexibility index (Phi) is 8.38. The number of aliphatic imine (C=N–C) groups is 1. The summed E-state index contributed by atoms with van der Waals surface area (Å²) in [6, 6.07) is 6.70. The van der Waals surface area contributed by atoms with Gasteiger partial charge in [0.05, 0.1) is 6.61 Å². The molecule has 112 valence electrons. The van der Waals surface area contributed by atoms with Crippen LogP contribution in [0.4, 0.5) is 4.39 Å². The van der Waals surface area contributed by atoms with E-state index in [4.69, 9.17) is 4.74 Å². The number of nitrogens with one attached hydrogen (secondary N) is 2. The number of rotatable bonds is 8. The van der Waals surface area contributed by atoms with E-state index in [1.54, 1.807) is 19.2 Å². The summed E-state index contributed by atoms with van der Waals surface area (Å²) in [5.74, 6) is 0.436. The van der Waals surface area contributed by atoms with Crippen LogP contribution in [-0.2, 0) is 11.3 Å². The molecule has 1 rings (SSSR count). The first-order valence-electron chi connectivity index (χ1n) is 7.03. The van der Waals surface area contributed by atoms with Crippen molar-refractivity contribution in [2.45, 2.75) is 26.3 Å². The van der Waals surface area contributed by atoms with Crippen LogP contribution in [0, 0.1) is 5.82 Å². The number of hydrogen-bond acceptors (Lipinski definition) is 2. The zero-order valence-electron chi connectivity index (χ0n) is 12.3. The number of hydrogen-bond donors (Lipinski definition) is 2. The molecule has 0 saturated carbocycles. The summed E-state index contributed by atoms with van der Waals surface area (Å²) in [5.41, 5.74) is 0.620. The summed E-state index contributed by atoms with van der Waals surface area (Å²) in [6.45, 7) is 4.65. The van der Waals surface area contributed by atoms with Gasteiger partial charge in [0.1, 0.15) is 5.82 Å². The quantitative estimate of drug-likeness (QED) is 0.437. The molecule has 0 aromatic heterocycles. The Bertz CT molecular complexity index is 410. The zero-order valence-corrected chi connectivity index (χ0v) is 12.3. The highest BCUT2D eigenvalue weighted by molar-refractivity contribution is 5.79.